The highest BCUT2D eigenvalue weighted by molar-refractivity contribution is 7.22. The summed E-state index contributed by atoms with van der Waals surface area (Å²) in [5.74, 6) is 0.577. The van der Waals surface area contributed by atoms with Gasteiger partial charge in [0.1, 0.15) is 11.4 Å². The van der Waals surface area contributed by atoms with E-state index in [2.05, 4.69) is 20.4 Å². The summed E-state index contributed by atoms with van der Waals surface area (Å²) < 4.78 is 12.3. The molecule has 1 N–H and O–H groups in total. The molecule has 0 spiro atoms. The lowest BCUT2D eigenvalue weighted by Gasteiger charge is -2.11. The molecule has 4 heterocycles. The van der Waals surface area contributed by atoms with Crippen LogP contribution in [0.3, 0.4) is 0 Å². The second-order valence-electron chi connectivity index (χ2n) is 8.15. The Balaban J connectivity index is 1.40. The summed E-state index contributed by atoms with van der Waals surface area (Å²) in [6, 6.07) is 7.84. The second kappa shape index (κ2) is 8.87. The molecule has 1 saturated heterocycles. The number of nitrogens with one attached hydrogen (secondary N) is 1. The van der Waals surface area contributed by atoms with E-state index in [4.69, 9.17) is 9.26 Å². The van der Waals surface area contributed by atoms with Crippen molar-refractivity contribution in [1.29, 1.82) is 0 Å². The number of hydrogen-bond donors (Lipinski definition) is 1. The molecule has 0 unspecified atom stereocenters. The van der Waals surface area contributed by atoms with Crippen LogP contribution in [0, 0.1) is 13.8 Å². The van der Waals surface area contributed by atoms with Crippen LogP contribution < -0.4 is 10.9 Å². The summed E-state index contributed by atoms with van der Waals surface area (Å²) in [6.07, 6.45) is 3.40. The van der Waals surface area contributed by atoms with Crippen molar-refractivity contribution in [2.24, 2.45) is 0 Å². The molecule has 3 aromatic heterocycles. The summed E-state index contributed by atoms with van der Waals surface area (Å²) in [5, 5.41) is 7.39. The maximum absolute atomic E-state index is 13.1. The average molecular weight is 466 g/mol. The van der Waals surface area contributed by atoms with Gasteiger partial charge in [-0.2, -0.15) is 4.98 Å². The van der Waals surface area contributed by atoms with Crippen LogP contribution in [-0.2, 0) is 16.1 Å². The Morgan fingerprint density at radius 1 is 1.33 bits per heavy atom. The van der Waals surface area contributed by atoms with Crippen molar-refractivity contribution in [3.05, 3.63) is 52.1 Å². The number of fused-ring (bicyclic) bond motifs is 1. The van der Waals surface area contributed by atoms with Crippen molar-refractivity contribution in [3.63, 3.8) is 0 Å². The molecule has 0 aliphatic carbocycles. The maximum Gasteiger partial charge on any atom is 0.268 e. The Morgan fingerprint density at radius 2 is 2.21 bits per heavy atom. The summed E-state index contributed by atoms with van der Waals surface area (Å²) in [7, 11) is 0. The van der Waals surface area contributed by atoms with Gasteiger partial charge in [0.05, 0.1) is 22.7 Å². The van der Waals surface area contributed by atoms with Gasteiger partial charge in [-0.25, -0.2) is 4.98 Å². The predicted molar refractivity (Wildman–Crippen MR) is 124 cm³/mol. The van der Waals surface area contributed by atoms with Gasteiger partial charge in [0.25, 0.3) is 11.4 Å². The van der Waals surface area contributed by atoms with Crippen molar-refractivity contribution in [3.8, 4) is 22.2 Å². The van der Waals surface area contributed by atoms with Crippen LogP contribution in [0.4, 0.5) is 0 Å². The van der Waals surface area contributed by atoms with Crippen LogP contribution in [-0.4, -0.2) is 44.9 Å². The van der Waals surface area contributed by atoms with Crippen LogP contribution in [0.25, 0.3) is 32.4 Å². The second-order valence-corrected chi connectivity index (χ2v) is 9.14. The Hall–Kier alpha value is -3.37. The van der Waals surface area contributed by atoms with E-state index in [0.29, 0.717) is 38.9 Å². The minimum Gasteiger partial charge on any atom is -0.376 e. The van der Waals surface area contributed by atoms with Gasteiger partial charge < -0.3 is 14.6 Å². The molecule has 1 amide bonds. The summed E-state index contributed by atoms with van der Waals surface area (Å²) >= 11 is 1.32. The van der Waals surface area contributed by atoms with E-state index in [0.717, 1.165) is 30.6 Å². The molecule has 10 heteroatoms. The van der Waals surface area contributed by atoms with E-state index in [-0.39, 0.29) is 24.1 Å². The van der Waals surface area contributed by atoms with Crippen LogP contribution in [0.15, 0.2) is 39.9 Å². The molecule has 1 aromatic carbocycles. The Bertz CT molecular complexity index is 1380. The van der Waals surface area contributed by atoms with Crippen LogP contribution in [0.5, 0.6) is 0 Å². The number of ether oxygens (including phenoxy) is 1. The molecule has 0 saturated carbocycles. The number of aryl methyl sites for hydroxylation is 2. The lowest BCUT2D eigenvalue weighted by molar-refractivity contribution is -0.122. The lowest BCUT2D eigenvalue weighted by atomic mass is 10.1. The molecule has 5 rings (SSSR count). The van der Waals surface area contributed by atoms with Crippen LogP contribution >= 0.6 is 11.3 Å². The fourth-order valence-electron chi connectivity index (χ4n) is 3.94. The molecule has 1 aliphatic heterocycles. The molecule has 0 bridgehead atoms. The van der Waals surface area contributed by atoms with Crippen LogP contribution in [0.2, 0.25) is 0 Å². The number of benzene rings is 1. The van der Waals surface area contributed by atoms with Gasteiger partial charge in [-0.1, -0.05) is 28.9 Å². The molecule has 1 atom stereocenters. The first kappa shape index (κ1) is 21.5. The number of hydrogen-bond acceptors (Lipinski definition) is 8. The molecular weight excluding hydrogens is 442 g/mol. The molecule has 9 nitrogen and oxygen atoms in total. The fourth-order valence-corrected chi connectivity index (χ4v) is 5.00. The summed E-state index contributed by atoms with van der Waals surface area (Å²) in [5.41, 5.74) is 2.39. The van der Waals surface area contributed by atoms with Gasteiger partial charge in [0, 0.05) is 18.7 Å². The highest BCUT2D eigenvalue weighted by atomic mass is 32.1. The number of rotatable bonds is 6. The van der Waals surface area contributed by atoms with Gasteiger partial charge in [-0.15, -0.1) is 11.3 Å². The third-order valence-corrected chi connectivity index (χ3v) is 6.87. The maximum atomic E-state index is 13.1. The Kier molecular flexibility index (Phi) is 5.77. The van der Waals surface area contributed by atoms with Gasteiger partial charge in [0.15, 0.2) is 0 Å². The molecule has 4 aromatic rings. The summed E-state index contributed by atoms with van der Waals surface area (Å²) in [6.45, 7) is 4.91. The third kappa shape index (κ3) is 4.31. The molecule has 170 valence electrons. The van der Waals surface area contributed by atoms with E-state index in [1.807, 2.05) is 38.1 Å². The van der Waals surface area contributed by atoms with E-state index in [1.165, 1.54) is 22.2 Å². The Morgan fingerprint density at radius 3 is 3.00 bits per heavy atom. The topological polar surface area (TPSA) is 112 Å². The first-order chi connectivity index (χ1) is 16.0. The quantitative estimate of drug-likeness (QED) is 0.466. The number of nitrogens with zero attached hydrogens (tertiary/aromatic N) is 4. The van der Waals surface area contributed by atoms with E-state index < -0.39 is 0 Å². The van der Waals surface area contributed by atoms with Crippen LogP contribution in [0.1, 0.15) is 24.0 Å². The number of amides is 1. The molecule has 0 radical (unpaired) electrons. The zero-order valence-corrected chi connectivity index (χ0v) is 19.1. The van der Waals surface area contributed by atoms with Gasteiger partial charge in [-0.05, 0) is 38.3 Å². The van der Waals surface area contributed by atoms with Gasteiger partial charge in [0.2, 0.25) is 11.7 Å². The first-order valence-electron chi connectivity index (χ1n) is 10.8. The van der Waals surface area contributed by atoms with E-state index >= 15 is 0 Å². The smallest absolute Gasteiger partial charge is 0.268 e. The molecule has 1 fully saturated rings. The predicted octanol–water partition coefficient (Wildman–Crippen LogP) is 3.09. The number of thiophene rings is 1. The van der Waals surface area contributed by atoms with Crippen molar-refractivity contribution in [1.82, 2.24) is 25.0 Å². The van der Waals surface area contributed by atoms with Crippen molar-refractivity contribution < 1.29 is 14.1 Å². The monoisotopic (exact) mass is 465 g/mol. The molecular formula is C23H23N5O4S. The van der Waals surface area contributed by atoms with Crippen molar-refractivity contribution in [2.75, 3.05) is 13.2 Å². The highest BCUT2D eigenvalue weighted by Crippen LogP contribution is 2.35. The normalized spacial score (nSPS) is 15.9. The lowest BCUT2D eigenvalue weighted by Crippen LogP contribution is -2.36. The SMILES string of the molecule is Cc1cccc(-c2noc(-c3sc4ncn(CC(=O)NC[C@@H]5CCCO5)c(=O)c4c3C)n2)c1. The fraction of sp³-hybridized carbons (Fsp3) is 0.348. The van der Waals surface area contributed by atoms with Gasteiger partial charge in [-0.3, -0.25) is 14.2 Å². The van der Waals surface area contributed by atoms with Gasteiger partial charge >= 0.3 is 0 Å². The third-order valence-electron chi connectivity index (χ3n) is 5.68. The number of aromatic nitrogens is 4. The zero-order valence-electron chi connectivity index (χ0n) is 18.3. The standard InChI is InChI=1S/C23H23N5O4S/c1-13-5-3-6-15(9-13)20-26-21(32-27-20)19-14(2)18-22(33-19)25-12-28(23(18)30)11-17(29)24-10-16-7-4-8-31-16/h3,5-6,9,12,16H,4,7-8,10-11H2,1-2H3,(H,24,29)/t16-/m0/s1. The zero-order chi connectivity index (χ0) is 22.9. The van der Waals surface area contributed by atoms with E-state index in [1.54, 1.807) is 0 Å². The van der Waals surface area contributed by atoms with Crippen molar-refractivity contribution in [2.45, 2.75) is 39.3 Å². The molecule has 33 heavy (non-hydrogen) atoms. The first-order valence-corrected chi connectivity index (χ1v) is 11.6. The Labute approximate surface area is 193 Å². The average Bonchev–Trinajstić information content (AvgIpc) is 3.55. The van der Waals surface area contributed by atoms with E-state index in [9.17, 15) is 9.59 Å². The minimum absolute atomic E-state index is 0.0482. The molecule has 1 aliphatic rings. The number of carbonyl (C=O) groups is 1. The highest BCUT2D eigenvalue weighted by Gasteiger charge is 2.21. The number of carbonyl (C=O) groups excluding carboxylic acids is 1. The largest absolute Gasteiger partial charge is 0.376 e. The van der Waals surface area contributed by atoms with Crippen molar-refractivity contribution >= 4 is 27.5 Å². The summed E-state index contributed by atoms with van der Waals surface area (Å²) in [4.78, 5) is 35.7. The minimum atomic E-state index is -0.273.